The maximum absolute atomic E-state index is 15.4. The number of carbonyl (C=O) groups is 2. The Bertz CT molecular complexity index is 1310. The Labute approximate surface area is 252 Å². The third kappa shape index (κ3) is 10.3. The van der Waals surface area contributed by atoms with Crippen molar-refractivity contribution in [3.8, 4) is 5.75 Å². The van der Waals surface area contributed by atoms with Crippen molar-refractivity contribution in [1.29, 1.82) is 0 Å². The maximum atomic E-state index is 15.4. The number of aromatic nitrogens is 1. The van der Waals surface area contributed by atoms with Gasteiger partial charge in [0.15, 0.2) is 11.8 Å². The zero-order valence-electron chi connectivity index (χ0n) is 25.0. The molecule has 1 amide bonds. The van der Waals surface area contributed by atoms with Crippen molar-refractivity contribution in [1.82, 2.24) is 9.88 Å². The predicted molar refractivity (Wildman–Crippen MR) is 164 cm³/mol. The second-order valence-electron chi connectivity index (χ2n) is 11.2. The number of carboxylic acid groups (broad SMARTS) is 1. The molecule has 0 spiro atoms. The van der Waals surface area contributed by atoms with Gasteiger partial charge in [-0.3, -0.25) is 4.79 Å². The first kappa shape index (κ1) is 33.4. The van der Waals surface area contributed by atoms with E-state index in [4.69, 9.17) is 14.2 Å². The number of carboxylic acids is 1. The number of aryl methyl sites for hydroxylation is 2. The summed E-state index contributed by atoms with van der Waals surface area (Å²) in [6.45, 7) is 11.3. The van der Waals surface area contributed by atoms with Crippen molar-refractivity contribution < 1.29 is 33.3 Å². The van der Waals surface area contributed by atoms with Crippen LogP contribution < -0.4 is 4.74 Å². The summed E-state index contributed by atoms with van der Waals surface area (Å²) in [7, 11) is -1.34. The second kappa shape index (κ2) is 15.9. The number of thiazole rings is 1. The molecule has 0 saturated carbocycles. The van der Waals surface area contributed by atoms with Gasteiger partial charge in [-0.15, -0.1) is 11.3 Å². The van der Waals surface area contributed by atoms with E-state index in [9.17, 15) is 14.7 Å². The number of ether oxygens (including phenoxy) is 3. The van der Waals surface area contributed by atoms with E-state index in [2.05, 4.69) is 24.6 Å². The molecule has 3 aromatic rings. The molecule has 11 heteroatoms. The fourth-order valence-corrected chi connectivity index (χ4v) is 5.95. The molecule has 1 heterocycles. The molecule has 0 bridgehead atoms. The van der Waals surface area contributed by atoms with Gasteiger partial charge in [-0.25, -0.2) is 14.2 Å². The molecule has 0 saturated heterocycles. The van der Waals surface area contributed by atoms with Gasteiger partial charge in [0.2, 0.25) is 0 Å². The van der Waals surface area contributed by atoms with Gasteiger partial charge >= 0.3 is 5.97 Å². The quantitative estimate of drug-likeness (QED) is 0.102. The highest BCUT2D eigenvalue weighted by Crippen LogP contribution is 2.28. The summed E-state index contributed by atoms with van der Waals surface area (Å²) >= 11 is 1.22. The van der Waals surface area contributed by atoms with E-state index in [-0.39, 0.29) is 24.6 Å². The minimum Gasteiger partial charge on any atom is -0.494 e. The van der Waals surface area contributed by atoms with E-state index in [0.29, 0.717) is 41.8 Å². The monoisotopic (exact) mass is 616 g/mol. The van der Waals surface area contributed by atoms with Crippen molar-refractivity contribution in [2.75, 3.05) is 26.6 Å². The number of hydrogen-bond donors (Lipinski definition) is 1. The molecule has 8 nitrogen and oxygen atoms in total. The molecule has 1 aromatic heterocycles. The molecule has 1 unspecified atom stereocenters. The van der Waals surface area contributed by atoms with Crippen LogP contribution >= 0.6 is 11.3 Å². The van der Waals surface area contributed by atoms with E-state index >= 15 is 4.39 Å². The number of carbonyl (C=O) groups excluding carboxylic acids is 1. The lowest BCUT2D eigenvalue weighted by molar-refractivity contribution is -0.156. The Morgan fingerprint density at radius 2 is 1.88 bits per heavy atom. The van der Waals surface area contributed by atoms with Crippen LogP contribution in [0, 0.1) is 12.7 Å². The highest BCUT2D eigenvalue weighted by Gasteiger charge is 2.31. The summed E-state index contributed by atoms with van der Waals surface area (Å²) in [5, 5.41) is 9.97. The van der Waals surface area contributed by atoms with Crippen LogP contribution in [-0.2, 0) is 27.2 Å². The smallest absolute Gasteiger partial charge is 0.355 e. The fraction of sp³-hybridized carbons (Fsp3) is 0.452. The molecule has 0 fully saturated rings. The Kier molecular flexibility index (Phi) is 12.7. The Hall–Kier alpha value is -3.12. The molecule has 0 radical (unpaired) electrons. The summed E-state index contributed by atoms with van der Waals surface area (Å²) in [5.74, 6) is -1.84. The third-order valence-electron chi connectivity index (χ3n) is 6.52. The molecule has 0 aliphatic rings. The fourth-order valence-electron chi connectivity index (χ4n) is 4.26. The first-order valence-corrected chi connectivity index (χ1v) is 18.6. The summed E-state index contributed by atoms with van der Waals surface area (Å²) in [5.41, 5.74) is 1.17. The normalized spacial score (nSPS) is 12.2. The highest BCUT2D eigenvalue weighted by molar-refractivity contribution is 7.11. The Morgan fingerprint density at radius 3 is 2.50 bits per heavy atom. The van der Waals surface area contributed by atoms with Gasteiger partial charge in [-0.2, -0.15) is 0 Å². The van der Waals surface area contributed by atoms with E-state index < -0.39 is 31.9 Å². The van der Waals surface area contributed by atoms with E-state index in [1.165, 1.54) is 23.5 Å². The van der Waals surface area contributed by atoms with Gasteiger partial charge < -0.3 is 24.2 Å². The molecule has 2 aromatic carbocycles. The van der Waals surface area contributed by atoms with Crippen molar-refractivity contribution in [3.05, 3.63) is 81.1 Å². The van der Waals surface area contributed by atoms with Crippen molar-refractivity contribution >= 4 is 31.3 Å². The van der Waals surface area contributed by atoms with Crippen LogP contribution in [0.25, 0.3) is 0 Å². The van der Waals surface area contributed by atoms with Gasteiger partial charge in [0.05, 0.1) is 13.2 Å². The van der Waals surface area contributed by atoms with Gasteiger partial charge in [-0.05, 0) is 50.4 Å². The molecule has 1 atom stereocenters. The largest absolute Gasteiger partial charge is 0.494 e. The summed E-state index contributed by atoms with van der Waals surface area (Å²) in [6.07, 6.45) is 0.0890. The standard InChI is InChI=1S/C31H41FN2O6SSi/c1-6-39-24-14-15-25(26(32)19-24)29(40-21-38-17-18-42(3,4)5)30(35)34(16-10-13-23-11-8-7-9-12-23)20-27-33-28(31(36)37)22(2)41-27/h7-9,11-12,14-15,19,29H,6,10,13,16-18,20-21H2,1-5H3,(H,36,37). The lowest BCUT2D eigenvalue weighted by atomic mass is 10.1. The van der Waals surface area contributed by atoms with Gasteiger partial charge in [0.1, 0.15) is 23.4 Å². The topological polar surface area (TPSA) is 98.2 Å². The van der Waals surface area contributed by atoms with Crippen LogP contribution in [0.1, 0.15) is 50.9 Å². The van der Waals surface area contributed by atoms with Crippen LogP contribution in [-0.4, -0.2) is 61.5 Å². The Morgan fingerprint density at radius 1 is 1.14 bits per heavy atom. The number of rotatable bonds is 17. The average Bonchev–Trinajstić information content (AvgIpc) is 3.31. The maximum Gasteiger partial charge on any atom is 0.355 e. The van der Waals surface area contributed by atoms with Crippen LogP contribution in [0.2, 0.25) is 25.7 Å². The molecular weight excluding hydrogens is 576 g/mol. The summed E-state index contributed by atoms with van der Waals surface area (Å²) in [4.78, 5) is 32.1. The van der Waals surface area contributed by atoms with Gasteiger partial charge in [0.25, 0.3) is 5.91 Å². The lowest BCUT2D eigenvalue weighted by Gasteiger charge is -2.27. The van der Waals surface area contributed by atoms with Crippen LogP contribution in [0.3, 0.4) is 0 Å². The van der Waals surface area contributed by atoms with E-state index in [1.54, 1.807) is 17.9 Å². The number of halogens is 1. The molecule has 0 aliphatic carbocycles. The molecule has 42 heavy (non-hydrogen) atoms. The zero-order chi connectivity index (χ0) is 30.7. The number of amides is 1. The van der Waals surface area contributed by atoms with Crippen LogP contribution in [0.15, 0.2) is 48.5 Å². The average molecular weight is 617 g/mol. The zero-order valence-corrected chi connectivity index (χ0v) is 26.8. The second-order valence-corrected chi connectivity index (χ2v) is 18.1. The van der Waals surface area contributed by atoms with Crippen LogP contribution in [0.5, 0.6) is 5.75 Å². The third-order valence-corrected chi connectivity index (χ3v) is 9.18. The number of hydrogen-bond acceptors (Lipinski definition) is 7. The minimum atomic E-state index is -1.34. The predicted octanol–water partition coefficient (Wildman–Crippen LogP) is 6.72. The highest BCUT2D eigenvalue weighted by atomic mass is 32.1. The van der Waals surface area contributed by atoms with Gasteiger partial charge in [-0.1, -0.05) is 50.0 Å². The first-order valence-electron chi connectivity index (χ1n) is 14.1. The summed E-state index contributed by atoms with van der Waals surface area (Å²) < 4.78 is 32.5. The number of benzene rings is 2. The molecule has 0 aliphatic heterocycles. The molecule has 3 rings (SSSR count). The lowest BCUT2D eigenvalue weighted by Crippen LogP contribution is -2.37. The SMILES string of the molecule is CCOc1ccc(C(OCOCC[Si](C)(C)C)C(=O)N(CCCc2ccccc2)Cc2nc(C(=O)O)c(C)s2)c(F)c1. The van der Waals surface area contributed by atoms with Crippen molar-refractivity contribution in [2.45, 2.75) is 65.0 Å². The van der Waals surface area contributed by atoms with Crippen molar-refractivity contribution in [2.24, 2.45) is 0 Å². The van der Waals surface area contributed by atoms with Crippen LogP contribution in [0.4, 0.5) is 4.39 Å². The minimum absolute atomic E-state index is 0.0344. The number of nitrogens with zero attached hydrogens (tertiary/aromatic N) is 2. The number of aromatic carboxylic acids is 1. The summed E-state index contributed by atoms with van der Waals surface area (Å²) in [6, 6.07) is 15.2. The van der Waals surface area contributed by atoms with Crippen molar-refractivity contribution in [3.63, 3.8) is 0 Å². The molecular formula is C31H41FN2O6SSi. The molecule has 228 valence electrons. The Balaban J connectivity index is 1.87. The van der Waals surface area contributed by atoms with E-state index in [1.807, 2.05) is 37.3 Å². The first-order chi connectivity index (χ1) is 20.0. The van der Waals surface area contributed by atoms with Gasteiger partial charge in [0, 0.05) is 37.7 Å². The molecule has 1 N–H and O–H groups in total. The van der Waals surface area contributed by atoms with E-state index in [0.717, 1.165) is 18.0 Å².